The number of urea groups is 1. The molecule has 2 N–H and O–H groups in total. The number of anilines is 1. The summed E-state index contributed by atoms with van der Waals surface area (Å²) in [4.78, 5) is 32.3. The first-order chi connectivity index (χ1) is 16.2. The second-order valence-corrected chi connectivity index (χ2v) is 17.5. The van der Waals surface area contributed by atoms with Gasteiger partial charge in [0.1, 0.15) is 6.73 Å². The Labute approximate surface area is 205 Å². The maximum atomic E-state index is 13.7. The maximum absolute atomic E-state index is 13.7. The predicted octanol–water partition coefficient (Wildman–Crippen LogP) is 4.80. The van der Waals surface area contributed by atoms with Gasteiger partial charge in [-0.25, -0.2) is 4.79 Å². The molecule has 8 heteroatoms. The monoisotopic (exact) mass is 486 g/mol. The lowest BCUT2D eigenvalue weighted by Crippen LogP contribution is -2.58. The van der Waals surface area contributed by atoms with E-state index < -0.39 is 13.5 Å². The minimum Gasteiger partial charge on any atom is -0.361 e. The summed E-state index contributed by atoms with van der Waals surface area (Å²) in [5, 5.41) is 6.10. The van der Waals surface area contributed by atoms with Crippen molar-refractivity contribution in [2.24, 2.45) is 5.41 Å². The number of rotatable bonds is 9. The van der Waals surface area contributed by atoms with E-state index in [1.807, 2.05) is 23.2 Å². The van der Waals surface area contributed by atoms with E-state index >= 15 is 0 Å². The second kappa shape index (κ2) is 9.97. The molecular formula is C26H42N4O3Si. The number of hydrogen-bond acceptors (Lipinski definition) is 4. The summed E-state index contributed by atoms with van der Waals surface area (Å²) in [6.07, 6.45) is 9.68. The molecule has 2 saturated carbocycles. The molecule has 4 rings (SSSR count). The number of carbonyl (C=O) groups excluding carboxylic acids is 2. The van der Waals surface area contributed by atoms with Crippen LogP contribution in [0.2, 0.25) is 25.7 Å². The van der Waals surface area contributed by atoms with Crippen LogP contribution in [0.3, 0.4) is 0 Å². The molecule has 2 fully saturated rings. The fourth-order valence-corrected chi connectivity index (χ4v) is 6.76. The van der Waals surface area contributed by atoms with Crippen LogP contribution in [0.25, 0.3) is 0 Å². The number of fused-ring (bicyclic) bond motifs is 2. The van der Waals surface area contributed by atoms with Crippen LogP contribution in [0.1, 0.15) is 64.0 Å². The molecule has 0 unspecified atom stereocenters. The first-order valence-electron chi connectivity index (χ1n) is 13.1. The van der Waals surface area contributed by atoms with Crippen molar-refractivity contribution < 1.29 is 14.3 Å². The SMILES string of the molecule is CCCCNC(=O)NC1CCC2(CC1)CC1(C2)C(=O)N(COCC[Si](C)(C)C)c2cccnc21. The van der Waals surface area contributed by atoms with Crippen molar-refractivity contribution in [2.75, 3.05) is 24.8 Å². The van der Waals surface area contributed by atoms with Gasteiger partial charge in [-0.2, -0.15) is 0 Å². The topological polar surface area (TPSA) is 83.6 Å². The number of ether oxygens (including phenoxy) is 1. The van der Waals surface area contributed by atoms with E-state index in [1.54, 1.807) is 0 Å². The Bertz CT molecular complexity index is 884. The van der Waals surface area contributed by atoms with Crippen LogP contribution in [0, 0.1) is 5.41 Å². The smallest absolute Gasteiger partial charge is 0.315 e. The first kappa shape index (κ1) is 25.2. The van der Waals surface area contributed by atoms with Gasteiger partial charge in [-0.15, -0.1) is 0 Å². The fourth-order valence-electron chi connectivity index (χ4n) is 6.01. The highest BCUT2D eigenvalue weighted by Gasteiger charge is 2.65. The van der Waals surface area contributed by atoms with Crippen molar-refractivity contribution in [3.63, 3.8) is 0 Å². The molecule has 1 aromatic heterocycles. The molecule has 7 nitrogen and oxygen atoms in total. The van der Waals surface area contributed by atoms with E-state index in [0.29, 0.717) is 13.3 Å². The Balaban J connectivity index is 1.33. The standard InChI is InChI=1S/C26H42N4O3Si/c1-5-6-13-28-24(32)29-20-9-11-25(12-10-20)17-26(18-25)22-21(8-7-14-27-22)30(23(26)31)19-33-15-16-34(2,3)4/h7-8,14,20H,5-6,9-13,15-19H2,1-4H3,(H2,28,29,32). The third-order valence-electron chi connectivity index (χ3n) is 7.95. The highest BCUT2D eigenvalue weighted by Crippen LogP contribution is 2.65. The van der Waals surface area contributed by atoms with Gasteiger partial charge < -0.3 is 15.4 Å². The zero-order valence-corrected chi connectivity index (χ0v) is 22.4. The summed E-state index contributed by atoms with van der Waals surface area (Å²) in [7, 11) is -1.17. The Kier molecular flexibility index (Phi) is 7.38. The van der Waals surface area contributed by atoms with E-state index in [9.17, 15) is 9.59 Å². The Hall–Kier alpha value is -1.93. The number of pyridine rings is 1. The van der Waals surface area contributed by atoms with Crippen LogP contribution < -0.4 is 15.5 Å². The molecule has 2 spiro atoms. The van der Waals surface area contributed by atoms with Crippen molar-refractivity contribution in [3.05, 3.63) is 24.0 Å². The predicted molar refractivity (Wildman–Crippen MR) is 138 cm³/mol. The highest BCUT2D eigenvalue weighted by molar-refractivity contribution is 6.76. The maximum Gasteiger partial charge on any atom is 0.315 e. The molecule has 0 saturated heterocycles. The number of nitrogens with zero attached hydrogens (tertiary/aromatic N) is 2. The minimum atomic E-state index is -1.17. The van der Waals surface area contributed by atoms with Crippen LogP contribution in [0.15, 0.2) is 18.3 Å². The summed E-state index contributed by atoms with van der Waals surface area (Å²) < 4.78 is 5.97. The fraction of sp³-hybridized carbons (Fsp3) is 0.731. The van der Waals surface area contributed by atoms with Crippen LogP contribution in [0.4, 0.5) is 10.5 Å². The summed E-state index contributed by atoms with van der Waals surface area (Å²) in [5.74, 6) is 0.162. The van der Waals surface area contributed by atoms with E-state index in [1.165, 1.54) is 0 Å². The average molecular weight is 487 g/mol. The van der Waals surface area contributed by atoms with Gasteiger partial charge in [-0.05, 0) is 68.5 Å². The van der Waals surface area contributed by atoms with Crippen LogP contribution in [0.5, 0.6) is 0 Å². The number of carbonyl (C=O) groups is 2. The Morgan fingerprint density at radius 1 is 1.26 bits per heavy atom. The number of hydrogen-bond donors (Lipinski definition) is 2. The number of amides is 3. The quantitative estimate of drug-likeness (QED) is 0.388. The molecule has 0 bridgehead atoms. The molecule has 0 radical (unpaired) electrons. The zero-order chi connectivity index (χ0) is 24.4. The van der Waals surface area contributed by atoms with Gasteiger partial charge in [0.2, 0.25) is 5.91 Å². The lowest BCUT2D eigenvalue weighted by molar-refractivity contribution is -0.135. The van der Waals surface area contributed by atoms with Crippen LogP contribution >= 0.6 is 0 Å². The lowest BCUT2D eigenvalue weighted by atomic mass is 9.47. The van der Waals surface area contributed by atoms with E-state index in [4.69, 9.17) is 9.72 Å². The van der Waals surface area contributed by atoms with Gasteiger partial charge in [-0.1, -0.05) is 33.0 Å². The summed E-state index contributed by atoms with van der Waals surface area (Å²) in [6.45, 7) is 10.9. The normalized spacial score (nSPS) is 28.2. The summed E-state index contributed by atoms with van der Waals surface area (Å²) in [6, 6.07) is 5.20. The van der Waals surface area contributed by atoms with Gasteiger partial charge >= 0.3 is 6.03 Å². The van der Waals surface area contributed by atoms with Gasteiger partial charge in [0, 0.05) is 33.5 Å². The molecule has 0 aromatic carbocycles. The van der Waals surface area contributed by atoms with Crippen LogP contribution in [-0.4, -0.2) is 50.9 Å². The number of nitrogens with one attached hydrogen (secondary N) is 2. The van der Waals surface area contributed by atoms with Crippen molar-refractivity contribution in [1.29, 1.82) is 0 Å². The van der Waals surface area contributed by atoms with Gasteiger partial charge in [0.05, 0.1) is 16.8 Å². The van der Waals surface area contributed by atoms with Crippen molar-refractivity contribution in [2.45, 2.75) is 95.4 Å². The lowest BCUT2D eigenvalue weighted by Gasteiger charge is -2.56. The van der Waals surface area contributed by atoms with Crippen molar-refractivity contribution >= 4 is 25.7 Å². The molecule has 34 heavy (non-hydrogen) atoms. The molecule has 188 valence electrons. The van der Waals surface area contributed by atoms with E-state index in [-0.39, 0.29) is 23.4 Å². The Morgan fingerprint density at radius 3 is 2.68 bits per heavy atom. The van der Waals surface area contributed by atoms with E-state index in [2.05, 4.69) is 37.2 Å². The summed E-state index contributed by atoms with van der Waals surface area (Å²) in [5.41, 5.74) is 1.57. The van der Waals surface area contributed by atoms with Crippen LogP contribution in [-0.2, 0) is 14.9 Å². The molecule has 2 aliphatic carbocycles. The second-order valence-electron chi connectivity index (χ2n) is 11.9. The highest BCUT2D eigenvalue weighted by atomic mass is 28.3. The van der Waals surface area contributed by atoms with Gasteiger partial charge in [-0.3, -0.25) is 14.7 Å². The molecular weight excluding hydrogens is 444 g/mol. The molecule has 1 aromatic rings. The third kappa shape index (κ3) is 5.17. The average Bonchev–Trinajstić information content (AvgIpc) is 3.00. The van der Waals surface area contributed by atoms with E-state index in [0.717, 1.165) is 75.3 Å². The van der Waals surface area contributed by atoms with Crippen molar-refractivity contribution in [3.8, 4) is 0 Å². The molecule has 0 atom stereocenters. The molecule has 3 amide bonds. The van der Waals surface area contributed by atoms with Crippen molar-refractivity contribution in [1.82, 2.24) is 15.6 Å². The largest absolute Gasteiger partial charge is 0.361 e. The number of unbranched alkanes of at least 4 members (excludes halogenated alkanes) is 1. The zero-order valence-electron chi connectivity index (χ0n) is 21.4. The Morgan fingerprint density at radius 2 is 2.00 bits per heavy atom. The third-order valence-corrected chi connectivity index (χ3v) is 9.66. The minimum absolute atomic E-state index is 0.0478. The first-order valence-corrected chi connectivity index (χ1v) is 16.8. The molecule has 2 heterocycles. The van der Waals surface area contributed by atoms with Gasteiger partial charge in [0.25, 0.3) is 0 Å². The number of aromatic nitrogens is 1. The summed E-state index contributed by atoms with van der Waals surface area (Å²) >= 11 is 0. The molecule has 3 aliphatic rings. The van der Waals surface area contributed by atoms with Gasteiger partial charge in [0.15, 0.2) is 0 Å². The molecule has 1 aliphatic heterocycles.